The first-order valence-corrected chi connectivity index (χ1v) is 10.1. The monoisotopic (exact) mass is 387 g/mol. The van der Waals surface area contributed by atoms with E-state index >= 15 is 0 Å². The molecular formula is C20H18FNO2S2. The zero-order chi connectivity index (χ0) is 18.1. The van der Waals surface area contributed by atoms with Crippen LogP contribution in [0.3, 0.4) is 0 Å². The van der Waals surface area contributed by atoms with Crippen LogP contribution < -0.4 is 5.32 Å². The fourth-order valence-corrected chi connectivity index (χ4v) is 4.91. The topological polar surface area (TPSA) is 49.3 Å². The molecule has 134 valence electrons. The van der Waals surface area contributed by atoms with Crippen LogP contribution in [-0.4, -0.2) is 17.6 Å². The molecule has 1 fully saturated rings. The maximum absolute atomic E-state index is 13.1. The molecule has 1 aliphatic rings. The van der Waals surface area contributed by atoms with Gasteiger partial charge in [0.1, 0.15) is 11.9 Å². The van der Waals surface area contributed by atoms with Crippen molar-refractivity contribution in [3.63, 3.8) is 0 Å². The number of rotatable bonds is 6. The lowest BCUT2D eigenvalue weighted by molar-refractivity contribution is -0.124. The molecule has 0 unspecified atom stereocenters. The van der Waals surface area contributed by atoms with Crippen LogP contribution in [0.15, 0.2) is 53.9 Å². The number of benzene rings is 1. The molecule has 1 atom stereocenters. The summed E-state index contributed by atoms with van der Waals surface area (Å²) in [5, 5.41) is 15.3. The highest BCUT2D eigenvalue weighted by atomic mass is 32.1. The number of aliphatic hydroxyl groups is 1. The molecule has 1 aliphatic carbocycles. The molecule has 0 bridgehead atoms. The van der Waals surface area contributed by atoms with Crippen molar-refractivity contribution >= 4 is 28.6 Å². The van der Waals surface area contributed by atoms with Gasteiger partial charge in [-0.25, -0.2) is 4.39 Å². The van der Waals surface area contributed by atoms with Crippen LogP contribution in [0.5, 0.6) is 0 Å². The molecule has 3 aromatic rings. The summed E-state index contributed by atoms with van der Waals surface area (Å²) in [6.07, 6.45) is 0.770. The highest BCUT2D eigenvalue weighted by molar-refractivity contribution is 7.21. The van der Waals surface area contributed by atoms with E-state index in [1.807, 2.05) is 29.6 Å². The van der Waals surface area contributed by atoms with Gasteiger partial charge in [0, 0.05) is 21.2 Å². The van der Waals surface area contributed by atoms with E-state index < -0.39 is 11.5 Å². The highest BCUT2D eigenvalue weighted by Gasteiger charge is 2.51. The maximum atomic E-state index is 13.1. The van der Waals surface area contributed by atoms with Crippen molar-refractivity contribution in [1.82, 2.24) is 5.32 Å². The number of hydrogen-bond donors (Lipinski definition) is 2. The normalized spacial score (nSPS) is 16.2. The average Bonchev–Trinajstić information content (AvgIpc) is 3.07. The van der Waals surface area contributed by atoms with Crippen LogP contribution in [0.4, 0.5) is 4.39 Å². The third kappa shape index (κ3) is 3.32. The van der Waals surface area contributed by atoms with Crippen LogP contribution in [0.1, 0.15) is 29.4 Å². The number of thiophene rings is 2. The van der Waals surface area contributed by atoms with Crippen LogP contribution in [0, 0.1) is 5.82 Å². The van der Waals surface area contributed by atoms with Crippen LogP contribution in [-0.2, 0) is 10.2 Å². The largest absolute Gasteiger partial charge is 0.386 e. The Morgan fingerprint density at radius 2 is 1.92 bits per heavy atom. The zero-order valence-corrected chi connectivity index (χ0v) is 15.6. The lowest BCUT2D eigenvalue weighted by Gasteiger charge is -2.17. The first kappa shape index (κ1) is 17.4. The Kier molecular flexibility index (Phi) is 4.65. The molecule has 0 aliphatic heterocycles. The number of halogens is 1. The van der Waals surface area contributed by atoms with Crippen LogP contribution in [0.25, 0.3) is 9.75 Å². The molecule has 2 heterocycles. The van der Waals surface area contributed by atoms with Gasteiger partial charge in [-0.2, -0.15) is 0 Å². The summed E-state index contributed by atoms with van der Waals surface area (Å²) in [4.78, 5) is 15.8. The Morgan fingerprint density at radius 3 is 2.58 bits per heavy atom. The van der Waals surface area contributed by atoms with Gasteiger partial charge in [0.2, 0.25) is 5.91 Å². The van der Waals surface area contributed by atoms with Gasteiger partial charge >= 0.3 is 0 Å². The Morgan fingerprint density at radius 1 is 1.15 bits per heavy atom. The van der Waals surface area contributed by atoms with Crippen molar-refractivity contribution in [3.8, 4) is 9.75 Å². The van der Waals surface area contributed by atoms with E-state index in [1.165, 1.54) is 28.3 Å². The Balaban J connectivity index is 1.39. The van der Waals surface area contributed by atoms with Gasteiger partial charge in [0.25, 0.3) is 0 Å². The number of carbonyl (C=O) groups is 1. The smallest absolute Gasteiger partial charge is 0.230 e. The van der Waals surface area contributed by atoms with Gasteiger partial charge in [-0.3, -0.25) is 4.79 Å². The summed E-state index contributed by atoms with van der Waals surface area (Å²) >= 11 is 3.20. The third-order valence-corrected chi connectivity index (χ3v) is 7.01. The summed E-state index contributed by atoms with van der Waals surface area (Å²) in [5.74, 6) is -0.405. The molecule has 0 radical (unpaired) electrons. The first-order valence-electron chi connectivity index (χ1n) is 8.44. The van der Waals surface area contributed by atoms with E-state index in [0.29, 0.717) is 0 Å². The summed E-state index contributed by atoms with van der Waals surface area (Å²) in [5.41, 5.74) is 0.271. The molecular weight excluding hydrogens is 369 g/mol. The third-order valence-electron chi connectivity index (χ3n) is 4.76. The average molecular weight is 388 g/mol. The summed E-state index contributed by atoms with van der Waals surface area (Å²) < 4.78 is 13.1. The number of amides is 1. The molecule has 1 amide bonds. The summed E-state index contributed by atoms with van der Waals surface area (Å²) in [7, 11) is 0. The minimum absolute atomic E-state index is 0.0989. The first-order chi connectivity index (χ1) is 12.6. The lowest BCUT2D eigenvalue weighted by atomic mass is 9.95. The number of hydrogen-bond acceptors (Lipinski definition) is 4. The maximum Gasteiger partial charge on any atom is 0.230 e. The number of nitrogens with one attached hydrogen (secondary N) is 1. The minimum atomic E-state index is -0.735. The van der Waals surface area contributed by atoms with Crippen molar-refractivity contribution < 1.29 is 14.3 Å². The second-order valence-corrected chi connectivity index (χ2v) is 8.56. The molecule has 1 aromatic carbocycles. The molecule has 6 heteroatoms. The molecule has 0 spiro atoms. The van der Waals surface area contributed by atoms with Gasteiger partial charge in [0.05, 0.1) is 5.41 Å². The Hall–Kier alpha value is -2.02. The van der Waals surface area contributed by atoms with E-state index in [9.17, 15) is 14.3 Å². The Labute approximate surface area is 159 Å². The summed E-state index contributed by atoms with van der Waals surface area (Å²) in [6.45, 7) is 0.173. The lowest BCUT2D eigenvalue weighted by Crippen LogP contribution is -2.37. The Bertz CT molecular complexity index is 898. The number of carbonyl (C=O) groups excluding carboxylic acids is 1. The van der Waals surface area contributed by atoms with E-state index in [1.54, 1.807) is 23.5 Å². The predicted octanol–water partition coefficient (Wildman–Crippen LogP) is 4.50. The molecule has 2 aromatic heterocycles. The van der Waals surface area contributed by atoms with Crippen molar-refractivity contribution in [2.75, 3.05) is 6.54 Å². The van der Waals surface area contributed by atoms with Crippen molar-refractivity contribution in [2.24, 2.45) is 0 Å². The fourth-order valence-electron chi connectivity index (χ4n) is 3.08. The molecule has 1 saturated carbocycles. The van der Waals surface area contributed by atoms with Crippen molar-refractivity contribution in [1.29, 1.82) is 0 Å². The summed E-state index contributed by atoms with van der Waals surface area (Å²) in [6, 6.07) is 14.1. The predicted molar refractivity (Wildman–Crippen MR) is 103 cm³/mol. The van der Waals surface area contributed by atoms with E-state index in [2.05, 4.69) is 5.32 Å². The van der Waals surface area contributed by atoms with Gasteiger partial charge in [-0.1, -0.05) is 18.2 Å². The second kappa shape index (κ2) is 6.95. The molecule has 2 N–H and O–H groups in total. The van der Waals surface area contributed by atoms with E-state index in [-0.39, 0.29) is 18.3 Å². The van der Waals surface area contributed by atoms with E-state index in [4.69, 9.17) is 0 Å². The van der Waals surface area contributed by atoms with Crippen LogP contribution in [0.2, 0.25) is 0 Å². The van der Waals surface area contributed by atoms with Crippen molar-refractivity contribution in [3.05, 3.63) is 70.2 Å². The van der Waals surface area contributed by atoms with Crippen LogP contribution >= 0.6 is 22.7 Å². The van der Waals surface area contributed by atoms with Gasteiger partial charge in [0.15, 0.2) is 0 Å². The van der Waals surface area contributed by atoms with Gasteiger partial charge < -0.3 is 10.4 Å². The standard InChI is InChI=1S/C20H18FNO2S2/c21-14-5-3-13(4-6-14)20(9-10-20)19(24)22-12-15(23)16-7-8-18(26-16)17-2-1-11-25-17/h1-8,11,15,23H,9-10,12H2,(H,22,24)/t15-/m1/s1. The van der Waals surface area contributed by atoms with Gasteiger partial charge in [-0.15, -0.1) is 22.7 Å². The second-order valence-electron chi connectivity index (χ2n) is 6.49. The van der Waals surface area contributed by atoms with Crippen molar-refractivity contribution in [2.45, 2.75) is 24.4 Å². The molecule has 3 nitrogen and oxygen atoms in total. The zero-order valence-electron chi connectivity index (χ0n) is 13.9. The number of aliphatic hydroxyl groups excluding tert-OH is 1. The SMILES string of the molecule is O=C(NC[C@@H](O)c1ccc(-c2cccs2)s1)C1(c2ccc(F)cc2)CC1. The fraction of sp³-hybridized carbons (Fsp3) is 0.250. The van der Waals surface area contributed by atoms with Gasteiger partial charge in [-0.05, 0) is 54.1 Å². The minimum Gasteiger partial charge on any atom is -0.386 e. The molecule has 4 rings (SSSR count). The van der Waals surface area contributed by atoms with E-state index in [0.717, 1.165) is 28.2 Å². The molecule has 26 heavy (non-hydrogen) atoms. The quantitative estimate of drug-likeness (QED) is 0.654. The highest BCUT2D eigenvalue weighted by Crippen LogP contribution is 2.48. The molecule has 0 saturated heterocycles.